The molecule has 0 aromatic heterocycles. The number of carbonyl (C=O) groups excluding carboxylic acids is 1. The summed E-state index contributed by atoms with van der Waals surface area (Å²) < 4.78 is 11.5. The third-order valence-corrected chi connectivity index (χ3v) is 5.57. The molecule has 0 unspecified atom stereocenters. The summed E-state index contributed by atoms with van der Waals surface area (Å²) in [5, 5.41) is 8.65. The zero-order chi connectivity index (χ0) is 19.6. The van der Waals surface area contributed by atoms with E-state index in [4.69, 9.17) is 14.6 Å². The molecule has 0 bridgehead atoms. The van der Waals surface area contributed by atoms with Gasteiger partial charge in [0.2, 0.25) is 0 Å². The lowest BCUT2D eigenvalue weighted by molar-refractivity contribution is -0.139. The number of carbonyl (C=O) groups is 2. The molecule has 0 aliphatic carbocycles. The molecule has 2 aliphatic heterocycles. The number of ether oxygens (including phenoxy) is 2. The molecule has 2 aromatic rings. The Labute approximate surface area is 163 Å². The molecule has 0 atom stereocenters. The molecular formula is C22H23NO5. The zero-order valence-corrected chi connectivity index (χ0v) is 15.6. The molecule has 1 N–H and O–H groups in total. The lowest BCUT2D eigenvalue weighted by Gasteiger charge is -2.44. The number of hydrogen-bond donors (Lipinski definition) is 1. The van der Waals surface area contributed by atoms with Gasteiger partial charge in [-0.15, -0.1) is 0 Å². The minimum atomic E-state index is -1.03. The summed E-state index contributed by atoms with van der Waals surface area (Å²) >= 11 is 0. The van der Waals surface area contributed by atoms with Crippen molar-refractivity contribution in [2.75, 3.05) is 19.7 Å². The molecule has 1 amide bonds. The number of rotatable bonds is 4. The maximum absolute atomic E-state index is 12.8. The molecule has 1 saturated heterocycles. The number of carboxylic acids is 1. The highest BCUT2D eigenvalue weighted by Gasteiger charge is 2.40. The molecule has 6 nitrogen and oxygen atoms in total. The van der Waals surface area contributed by atoms with E-state index in [-0.39, 0.29) is 11.5 Å². The average molecular weight is 381 g/mol. The predicted molar refractivity (Wildman–Crippen MR) is 103 cm³/mol. The van der Waals surface area contributed by atoms with Gasteiger partial charge in [0.25, 0.3) is 5.91 Å². The number of nitrogens with zero attached hydrogens (tertiary/aromatic N) is 1. The van der Waals surface area contributed by atoms with Crippen LogP contribution in [0.2, 0.25) is 0 Å². The standard InChI is InChI=1S/C22H23NO5/c24-20(25)15-27-18-7-5-17(6-8-18)21(26)23-13-11-22(12-14-23)10-9-16-3-1-2-4-19(16)28-22/h1-8H,9-15H2,(H,24,25). The topological polar surface area (TPSA) is 76.1 Å². The molecule has 146 valence electrons. The highest BCUT2D eigenvalue weighted by Crippen LogP contribution is 2.39. The Morgan fingerprint density at radius 3 is 2.46 bits per heavy atom. The van der Waals surface area contributed by atoms with Crippen molar-refractivity contribution < 1.29 is 24.2 Å². The van der Waals surface area contributed by atoms with Gasteiger partial charge in [-0.25, -0.2) is 4.79 Å². The van der Waals surface area contributed by atoms with Crippen molar-refractivity contribution in [3.8, 4) is 11.5 Å². The first-order valence-electron chi connectivity index (χ1n) is 9.56. The number of amides is 1. The average Bonchev–Trinajstić information content (AvgIpc) is 2.72. The van der Waals surface area contributed by atoms with Crippen LogP contribution in [0.1, 0.15) is 35.2 Å². The quantitative estimate of drug-likeness (QED) is 0.880. The van der Waals surface area contributed by atoms with Crippen LogP contribution in [-0.4, -0.2) is 47.2 Å². The van der Waals surface area contributed by atoms with Gasteiger partial charge in [-0.2, -0.15) is 0 Å². The van der Waals surface area contributed by atoms with Gasteiger partial charge in [0.05, 0.1) is 0 Å². The fourth-order valence-corrected chi connectivity index (χ4v) is 3.95. The number of para-hydroxylation sites is 1. The van der Waals surface area contributed by atoms with Gasteiger partial charge in [0.15, 0.2) is 6.61 Å². The number of likely N-dealkylation sites (tertiary alicyclic amines) is 1. The van der Waals surface area contributed by atoms with E-state index in [0.29, 0.717) is 24.4 Å². The second-order valence-corrected chi connectivity index (χ2v) is 7.39. The van der Waals surface area contributed by atoms with E-state index in [1.807, 2.05) is 23.1 Å². The van der Waals surface area contributed by atoms with Crippen molar-refractivity contribution in [3.63, 3.8) is 0 Å². The Morgan fingerprint density at radius 1 is 1.04 bits per heavy atom. The maximum Gasteiger partial charge on any atom is 0.341 e. The van der Waals surface area contributed by atoms with E-state index < -0.39 is 12.6 Å². The third-order valence-electron chi connectivity index (χ3n) is 5.57. The molecule has 1 spiro atoms. The van der Waals surface area contributed by atoms with Crippen LogP contribution in [-0.2, 0) is 11.2 Å². The van der Waals surface area contributed by atoms with Crippen LogP contribution < -0.4 is 9.47 Å². The lowest BCUT2D eigenvalue weighted by Crippen LogP contribution is -2.51. The van der Waals surface area contributed by atoms with E-state index in [9.17, 15) is 9.59 Å². The number of piperidine rings is 1. The van der Waals surface area contributed by atoms with Crippen molar-refractivity contribution in [1.82, 2.24) is 4.90 Å². The van der Waals surface area contributed by atoms with Gasteiger partial charge in [0.1, 0.15) is 17.1 Å². The van der Waals surface area contributed by atoms with Gasteiger partial charge in [-0.05, 0) is 48.7 Å². The fraction of sp³-hybridized carbons (Fsp3) is 0.364. The smallest absolute Gasteiger partial charge is 0.341 e. The van der Waals surface area contributed by atoms with Crippen molar-refractivity contribution in [3.05, 3.63) is 59.7 Å². The van der Waals surface area contributed by atoms with Crippen LogP contribution in [0.15, 0.2) is 48.5 Å². The van der Waals surface area contributed by atoms with E-state index in [1.165, 1.54) is 5.56 Å². The Hall–Kier alpha value is -3.02. The zero-order valence-electron chi connectivity index (χ0n) is 15.6. The van der Waals surface area contributed by atoms with Gasteiger partial charge in [-0.1, -0.05) is 18.2 Å². The summed E-state index contributed by atoms with van der Waals surface area (Å²) in [6.07, 6.45) is 3.66. The number of fused-ring (bicyclic) bond motifs is 1. The van der Waals surface area contributed by atoms with Crippen LogP contribution in [0.4, 0.5) is 0 Å². The minimum Gasteiger partial charge on any atom is -0.487 e. The number of carboxylic acid groups (broad SMARTS) is 1. The summed E-state index contributed by atoms with van der Waals surface area (Å²) in [6, 6.07) is 14.8. The Bertz CT molecular complexity index is 869. The summed E-state index contributed by atoms with van der Waals surface area (Å²) in [6.45, 7) is 0.932. The first kappa shape index (κ1) is 18.3. The Kier molecular flexibility index (Phi) is 4.94. The lowest BCUT2D eigenvalue weighted by atomic mass is 9.83. The normalized spacial score (nSPS) is 17.5. The predicted octanol–water partition coefficient (Wildman–Crippen LogP) is 3.15. The van der Waals surface area contributed by atoms with Gasteiger partial charge in [-0.3, -0.25) is 4.79 Å². The number of benzene rings is 2. The van der Waals surface area contributed by atoms with Gasteiger partial charge in [0, 0.05) is 31.5 Å². The summed E-state index contributed by atoms with van der Waals surface area (Å²) in [5.74, 6) is 0.363. The van der Waals surface area contributed by atoms with E-state index in [2.05, 4.69) is 6.07 Å². The first-order chi connectivity index (χ1) is 13.5. The SMILES string of the molecule is O=C(O)COc1ccc(C(=O)N2CCC3(CCc4ccccc4O3)CC2)cc1. The molecule has 2 aliphatic rings. The summed E-state index contributed by atoms with van der Waals surface area (Å²) in [4.78, 5) is 25.2. The number of hydrogen-bond acceptors (Lipinski definition) is 4. The van der Waals surface area contributed by atoms with Crippen LogP contribution in [0, 0.1) is 0 Å². The van der Waals surface area contributed by atoms with Crippen LogP contribution >= 0.6 is 0 Å². The van der Waals surface area contributed by atoms with E-state index >= 15 is 0 Å². The summed E-state index contributed by atoms with van der Waals surface area (Å²) in [5.41, 5.74) is 1.67. The summed E-state index contributed by atoms with van der Waals surface area (Å²) in [7, 11) is 0. The molecule has 2 heterocycles. The molecule has 28 heavy (non-hydrogen) atoms. The van der Waals surface area contributed by atoms with Crippen molar-refractivity contribution in [2.45, 2.75) is 31.3 Å². The van der Waals surface area contributed by atoms with Crippen molar-refractivity contribution in [1.29, 1.82) is 0 Å². The van der Waals surface area contributed by atoms with Crippen LogP contribution in [0.3, 0.4) is 0 Å². The van der Waals surface area contributed by atoms with Crippen LogP contribution in [0.25, 0.3) is 0 Å². The Morgan fingerprint density at radius 2 is 1.75 bits per heavy atom. The molecule has 0 saturated carbocycles. The van der Waals surface area contributed by atoms with Gasteiger partial charge < -0.3 is 19.5 Å². The number of aliphatic carboxylic acids is 1. The Balaban J connectivity index is 1.36. The van der Waals surface area contributed by atoms with E-state index in [1.54, 1.807) is 24.3 Å². The number of aryl methyl sites for hydroxylation is 1. The molecule has 6 heteroatoms. The van der Waals surface area contributed by atoms with Crippen molar-refractivity contribution in [2.24, 2.45) is 0 Å². The molecule has 0 radical (unpaired) electrons. The molecular weight excluding hydrogens is 358 g/mol. The highest BCUT2D eigenvalue weighted by atomic mass is 16.5. The molecule has 2 aromatic carbocycles. The van der Waals surface area contributed by atoms with Crippen LogP contribution in [0.5, 0.6) is 11.5 Å². The first-order valence-corrected chi connectivity index (χ1v) is 9.56. The molecule has 4 rings (SSSR count). The van der Waals surface area contributed by atoms with Crippen molar-refractivity contribution >= 4 is 11.9 Å². The highest BCUT2D eigenvalue weighted by molar-refractivity contribution is 5.94. The second-order valence-electron chi connectivity index (χ2n) is 7.39. The second kappa shape index (κ2) is 7.54. The van der Waals surface area contributed by atoms with Gasteiger partial charge >= 0.3 is 5.97 Å². The molecule has 1 fully saturated rings. The monoisotopic (exact) mass is 381 g/mol. The largest absolute Gasteiger partial charge is 0.487 e. The fourth-order valence-electron chi connectivity index (χ4n) is 3.95. The minimum absolute atomic E-state index is 0.0177. The maximum atomic E-state index is 12.8. The van der Waals surface area contributed by atoms with E-state index in [0.717, 1.165) is 31.4 Å². The third kappa shape index (κ3) is 3.81.